The minimum Gasteiger partial charge on any atom is -0.192 e. The number of hydrogen-bond acceptors (Lipinski definition) is 3. The van der Waals surface area contributed by atoms with Crippen LogP contribution < -0.4 is 0 Å². The lowest BCUT2D eigenvalue weighted by Gasteiger charge is -1.99. The molecule has 2 aromatic rings. The summed E-state index contributed by atoms with van der Waals surface area (Å²) in [4.78, 5) is 1.16. The van der Waals surface area contributed by atoms with Crippen LogP contribution in [-0.4, -0.2) is 6.26 Å². The molecule has 0 fully saturated rings. The van der Waals surface area contributed by atoms with Crippen molar-refractivity contribution in [2.45, 2.75) is 4.90 Å². The number of benzene rings is 1. The zero-order valence-corrected chi connectivity index (χ0v) is 11.2. The monoisotopic (exact) mass is 331 g/mol. The van der Waals surface area contributed by atoms with E-state index in [4.69, 9.17) is 5.26 Å². The molecule has 0 saturated heterocycles. The smallest absolute Gasteiger partial charge is 0.0999 e. The van der Waals surface area contributed by atoms with Crippen LogP contribution >= 0.6 is 45.7 Å². The molecule has 1 heterocycles. The van der Waals surface area contributed by atoms with Gasteiger partial charge in [0.1, 0.15) is 0 Å². The normalized spacial score (nSPS) is 10.4. The van der Waals surface area contributed by atoms with E-state index in [0.717, 1.165) is 15.8 Å². The van der Waals surface area contributed by atoms with E-state index in [1.54, 1.807) is 23.1 Å². The standard InChI is InChI=1S/C10H6INS2/c1-13-7-2-6(4-12)10-8(11)5-14-9(10)3-7/h2-3,5H,1H3. The van der Waals surface area contributed by atoms with Gasteiger partial charge in [0.2, 0.25) is 0 Å². The highest BCUT2D eigenvalue weighted by molar-refractivity contribution is 14.1. The van der Waals surface area contributed by atoms with E-state index in [0.29, 0.717) is 0 Å². The molecule has 4 heteroatoms. The average molecular weight is 331 g/mol. The summed E-state index contributed by atoms with van der Waals surface area (Å²) in [6.07, 6.45) is 2.03. The molecule has 0 unspecified atom stereocenters. The third kappa shape index (κ3) is 1.64. The van der Waals surface area contributed by atoms with Crippen molar-refractivity contribution >= 4 is 55.8 Å². The van der Waals surface area contributed by atoms with Gasteiger partial charge in [-0.1, -0.05) is 0 Å². The van der Waals surface area contributed by atoms with Gasteiger partial charge in [0, 0.05) is 23.9 Å². The van der Waals surface area contributed by atoms with Crippen molar-refractivity contribution in [3.05, 3.63) is 26.6 Å². The number of thioether (sulfide) groups is 1. The lowest BCUT2D eigenvalue weighted by Crippen LogP contribution is -1.79. The van der Waals surface area contributed by atoms with Crippen LogP contribution in [0.4, 0.5) is 0 Å². The Bertz CT molecular complexity index is 525. The molecule has 0 aliphatic carbocycles. The number of nitrogens with zero attached hydrogens (tertiary/aromatic N) is 1. The first-order chi connectivity index (χ1) is 6.76. The molecule has 0 spiro atoms. The molecule has 0 amide bonds. The Morgan fingerprint density at radius 1 is 1.50 bits per heavy atom. The maximum absolute atomic E-state index is 9.04. The van der Waals surface area contributed by atoms with Crippen molar-refractivity contribution in [2.24, 2.45) is 0 Å². The van der Waals surface area contributed by atoms with Crippen LogP contribution in [-0.2, 0) is 0 Å². The number of hydrogen-bond donors (Lipinski definition) is 0. The molecule has 0 N–H and O–H groups in total. The van der Waals surface area contributed by atoms with Gasteiger partial charge in [0.05, 0.1) is 11.6 Å². The van der Waals surface area contributed by atoms with Crippen molar-refractivity contribution in [3.8, 4) is 6.07 Å². The molecule has 1 aromatic carbocycles. The van der Waals surface area contributed by atoms with E-state index in [-0.39, 0.29) is 0 Å². The topological polar surface area (TPSA) is 23.8 Å². The first-order valence-electron chi connectivity index (χ1n) is 3.91. The lowest BCUT2D eigenvalue weighted by molar-refractivity contribution is 1.45. The zero-order chi connectivity index (χ0) is 10.1. The number of fused-ring (bicyclic) bond motifs is 1. The van der Waals surface area contributed by atoms with Crippen LogP contribution in [0.1, 0.15) is 5.56 Å². The SMILES string of the molecule is CSc1cc(C#N)c2c(I)csc2c1. The highest BCUT2D eigenvalue weighted by Gasteiger charge is 2.08. The molecule has 0 atom stereocenters. The molecule has 0 bridgehead atoms. The molecule has 0 radical (unpaired) electrons. The summed E-state index contributed by atoms with van der Waals surface area (Å²) in [6.45, 7) is 0. The Morgan fingerprint density at radius 3 is 2.93 bits per heavy atom. The molecule has 2 rings (SSSR count). The van der Waals surface area contributed by atoms with Crippen molar-refractivity contribution in [1.29, 1.82) is 5.26 Å². The van der Waals surface area contributed by atoms with Crippen molar-refractivity contribution < 1.29 is 0 Å². The van der Waals surface area contributed by atoms with Gasteiger partial charge in [-0.25, -0.2) is 0 Å². The van der Waals surface area contributed by atoms with Gasteiger partial charge < -0.3 is 0 Å². The fourth-order valence-corrected chi connectivity index (χ4v) is 3.88. The maximum atomic E-state index is 9.04. The molecule has 1 aromatic heterocycles. The van der Waals surface area contributed by atoms with Crippen molar-refractivity contribution in [1.82, 2.24) is 0 Å². The van der Waals surface area contributed by atoms with Gasteiger partial charge in [-0.05, 0) is 41.0 Å². The van der Waals surface area contributed by atoms with E-state index < -0.39 is 0 Å². The number of rotatable bonds is 1. The quantitative estimate of drug-likeness (QED) is 0.580. The number of halogens is 1. The van der Waals surface area contributed by atoms with Crippen molar-refractivity contribution in [2.75, 3.05) is 6.26 Å². The third-order valence-corrected chi connectivity index (χ3v) is 4.87. The van der Waals surface area contributed by atoms with Crippen LogP contribution in [0.3, 0.4) is 0 Å². The predicted molar refractivity (Wildman–Crippen MR) is 71.0 cm³/mol. The van der Waals surface area contributed by atoms with E-state index in [2.05, 4.69) is 40.1 Å². The second kappa shape index (κ2) is 4.09. The van der Waals surface area contributed by atoms with Crippen LogP contribution in [0, 0.1) is 14.9 Å². The second-order valence-corrected chi connectivity index (χ2v) is 5.70. The maximum Gasteiger partial charge on any atom is 0.0999 e. The van der Waals surface area contributed by atoms with Crippen LogP contribution in [0.25, 0.3) is 10.1 Å². The summed E-state index contributed by atoms with van der Waals surface area (Å²) in [6, 6.07) is 6.37. The summed E-state index contributed by atoms with van der Waals surface area (Å²) >= 11 is 5.66. The Hall–Kier alpha value is -0.250. The summed E-state index contributed by atoms with van der Waals surface area (Å²) in [5.74, 6) is 0. The van der Waals surface area contributed by atoms with Crippen molar-refractivity contribution in [3.63, 3.8) is 0 Å². The highest BCUT2D eigenvalue weighted by atomic mass is 127. The summed E-state index contributed by atoms with van der Waals surface area (Å²) in [5.41, 5.74) is 0.789. The first-order valence-corrected chi connectivity index (χ1v) is 7.09. The van der Waals surface area contributed by atoms with Crippen LogP contribution in [0.2, 0.25) is 0 Å². The minimum absolute atomic E-state index is 0.789. The number of thiophene rings is 1. The van der Waals surface area contributed by atoms with Crippen LogP contribution in [0.15, 0.2) is 22.4 Å². The molecule has 14 heavy (non-hydrogen) atoms. The van der Waals surface area contributed by atoms with Gasteiger partial charge in [-0.15, -0.1) is 23.1 Å². The molecule has 0 aliphatic heterocycles. The molecule has 1 nitrogen and oxygen atoms in total. The molecule has 70 valence electrons. The van der Waals surface area contributed by atoms with Gasteiger partial charge in [-0.3, -0.25) is 0 Å². The fraction of sp³-hybridized carbons (Fsp3) is 0.100. The Morgan fingerprint density at radius 2 is 2.29 bits per heavy atom. The molecular formula is C10H6INS2. The Kier molecular flexibility index (Phi) is 3.00. The second-order valence-electron chi connectivity index (χ2n) is 2.74. The first kappa shape index (κ1) is 10.3. The predicted octanol–water partition coefficient (Wildman–Crippen LogP) is 4.10. The zero-order valence-electron chi connectivity index (χ0n) is 7.37. The van der Waals surface area contributed by atoms with Gasteiger partial charge in [-0.2, -0.15) is 5.26 Å². The van der Waals surface area contributed by atoms with Crippen LogP contribution in [0.5, 0.6) is 0 Å². The molecular weight excluding hydrogens is 325 g/mol. The van der Waals surface area contributed by atoms with E-state index in [1.807, 2.05) is 12.3 Å². The largest absolute Gasteiger partial charge is 0.192 e. The van der Waals surface area contributed by atoms with E-state index >= 15 is 0 Å². The van der Waals surface area contributed by atoms with E-state index in [1.165, 1.54) is 8.27 Å². The fourth-order valence-electron chi connectivity index (χ4n) is 1.31. The van der Waals surface area contributed by atoms with E-state index in [9.17, 15) is 0 Å². The average Bonchev–Trinajstić information content (AvgIpc) is 2.59. The lowest BCUT2D eigenvalue weighted by atomic mass is 10.1. The van der Waals surface area contributed by atoms with Gasteiger partial charge in [0.15, 0.2) is 0 Å². The highest BCUT2D eigenvalue weighted by Crippen LogP contribution is 2.33. The molecule has 0 saturated carbocycles. The minimum atomic E-state index is 0.789. The Balaban J connectivity index is 2.84. The van der Waals surface area contributed by atoms with Gasteiger partial charge in [0.25, 0.3) is 0 Å². The van der Waals surface area contributed by atoms with Gasteiger partial charge >= 0.3 is 0 Å². The molecule has 0 aliphatic rings. The third-order valence-electron chi connectivity index (χ3n) is 1.96. The summed E-state index contributed by atoms with van der Waals surface area (Å²) in [7, 11) is 0. The Labute approximate surface area is 104 Å². The summed E-state index contributed by atoms with van der Waals surface area (Å²) in [5, 5.41) is 12.2. The summed E-state index contributed by atoms with van der Waals surface area (Å²) < 4.78 is 2.38. The number of nitriles is 1.